The molecular formula is C11H14ClF2NO4S2. The molecule has 0 bridgehead atoms. The lowest BCUT2D eigenvalue weighted by molar-refractivity contribution is 0.457. The molecule has 1 rings (SSSR count). The maximum Gasteiger partial charge on any atom is 0.245 e. The maximum atomic E-state index is 13.7. The van der Waals surface area contributed by atoms with Crippen molar-refractivity contribution in [2.75, 3.05) is 25.6 Å². The lowest BCUT2D eigenvalue weighted by Gasteiger charge is -2.17. The van der Waals surface area contributed by atoms with Crippen molar-refractivity contribution in [1.82, 2.24) is 4.31 Å². The molecule has 1 aromatic rings. The van der Waals surface area contributed by atoms with E-state index in [9.17, 15) is 25.6 Å². The largest absolute Gasteiger partial charge is 0.245 e. The van der Waals surface area contributed by atoms with Crippen LogP contribution in [0, 0.1) is 11.6 Å². The van der Waals surface area contributed by atoms with Gasteiger partial charge in [0.25, 0.3) is 0 Å². The number of hydrogen-bond donors (Lipinski definition) is 0. The van der Waals surface area contributed by atoms with Gasteiger partial charge >= 0.3 is 0 Å². The maximum absolute atomic E-state index is 13.7. The standard InChI is InChI=1S/C11H14ClF2NO4S2/c1-15(3-4-20(2,16)17)21(18,19)10-6-8(7-12)5-9(13)11(10)14/h5-6H,3-4,7H2,1-2H3. The highest BCUT2D eigenvalue weighted by atomic mass is 35.5. The molecule has 120 valence electrons. The molecule has 0 unspecified atom stereocenters. The number of alkyl halides is 1. The second-order valence-corrected chi connectivity index (χ2v) is 9.02. The van der Waals surface area contributed by atoms with Crippen LogP contribution in [0.15, 0.2) is 17.0 Å². The molecule has 0 heterocycles. The lowest BCUT2D eigenvalue weighted by Crippen LogP contribution is -2.32. The first kappa shape index (κ1) is 18.3. The Morgan fingerprint density at radius 3 is 2.24 bits per heavy atom. The van der Waals surface area contributed by atoms with Crippen LogP contribution in [-0.4, -0.2) is 46.7 Å². The van der Waals surface area contributed by atoms with Crippen molar-refractivity contribution in [3.8, 4) is 0 Å². The van der Waals surface area contributed by atoms with Crippen LogP contribution in [0.2, 0.25) is 0 Å². The molecule has 0 amide bonds. The number of sulfone groups is 1. The lowest BCUT2D eigenvalue weighted by atomic mass is 10.2. The van der Waals surface area contributed by atoms with Gasteiger partial charge in [-0.2, -0.15) is 4.31 Å². The second-order valence-electron chi connectivity index (χ2n) is 4.48. The van der Waals surface area contributed by atoms with Crippen molar-refractivity contribution in [1.29, 1.82) is 0 Å². The monoisotopic (exact) mass is 361 g/mol. The van der Waals surface area contributed by atoms with Crippen LogP contribution in [-0.2, 0) is 25.7 Å². The van der Waals surface area contributed by atoms with Gasteiger partial charge in [-0.05, 0) is 17.7 Å². The molecule has 0 aliphatic rings. The fraction of sp³-hybridized carbons (Fsp3) is 0.455. The van der Waals surface area contributed by atoms with Crippen LogP contribution in [0.3, 0.4) is 0 Å². The summed E-state index contributed by atoms with van der Waals surface area (Å²) in [5.41, 5.74) is 0.102. The van der Waals surface area contributed by atoms with E-state index in [0.717, 1.165) is 25.4 Å². The zero-order chi connectivity index (χ0) is 16.4. The van der Waals surface area contributed by atoms with Crippen molar-refractivity contribution in [3.63, 3.8) is 0 Å². The molecule has 0 saturated heterocycles. The highest BCUT2D eigenvalue weighted by molar-refractivity contribution is 7.91. The van der Waals surface area contributed by atoms with E-state index in [1.807, 2.05) is 0 Å². The van der Waals surface area contributed by atoms with Crippen LogP contribution in [0.25, 0.3) is 0 Å². The molecule has 0 aromatic heterocycles. The van der Waals surface area contributed by atoms with E-state index in [0.29, 0.717) is 4.31 Å². The van der Waals surface area contributed by atoms with Gasteiger partial charge in [0.1, 0.15) is 14.7 Å². The Bertz CT molecular complexity index is 735. The molecule has 1 aromatic carbocycles. The van der Waals surface area contributed by atoms with E-state index in [1.165, 1.54) is 0 Å². The minimum atomic E-state index is -4.35. The van der Waals surface area contributed by atoms with Gasteiger partial charge in [-0.15, -0.1) is 11.6 Å². The smallest absolute Gasteiger partial charge is 0.229 e. The third-order valence-electron chi connectivity index (χ3n) is 2.67. The minimum absolute atomic E-state index is 0.102. The fourth-order valence-corrected chi connectivity index (χ4v) is 3.63. The quantitative estimate of drug-likeness (QED) is 0.717. The molecule has 21 heavy (non-hydrogen) atoms. The van der Waals surface area contributed by atoms with Gasteiger partial charge in [-0.25, -0.2) is 25.6 Å². The average Bonchev–Trinajstić information content (AvgIpc) is 2.37. The summed E-state index contributed by atoms with van der Waals surface area (Å²) in [4.78, 5) is -0.867. The van der Waals surface area contributed by atoms with E-state index in [2.05, 4.69) is 0 Å². The summed E-state index contributed by atoms with van der Waals surface area (Å²) in [6.07, 6.45) is 0.946. The van der Waals surface area contributed by atoms with Crippen molar-refractivity contribution < 1.29 is 25.6 Å². The molecule has 0 saturated carbocycles. The highest BCUT2D eigenvalue weighted by Crippen LogP contribution is 2.23. The minimum Gasteiger partial charge on any atom is -0.229 e. The van der Waals surface area contributed by atoms with Gasteiger partial charge in [0.05, 0.1) is 5.75 Å². The molecule has 5 nitrogen and oxygen atoms in total. The van der Waals surface area contributed by atoms with Gasteiger partial charge in [-0.3, -0.25) is 0 Å². The van der Waals surface area contributed by atoms with Crippen molar-refractivity contribution in [3.05, 3.63) is 29.3 Å². The summed E-state index contributed by atoms with van der Waals surface area (Å²) in [5.74, 6) is -3.47. The SMILES string of the molecule is CN(CCS(C)(=O)=O)S(=O)(=O)c1cc(CCl)cc(F)c1F. The zero-order valence-electron chi connectivity index (χ0n) is 11.3. The van der Waals surface area contributed by atoms with Crippen molar-refractivity contribution >= 4 is 31.5 Å². The number of benzene rings is 1. The summed E-state index contributed by atoms with van der Waals surface area (Å²) in [6, 6.07) is 1.73. The third-order valence-corrected chi connectivity index (χ3v) is 5.76. The third kappa shape index (κ3) is 4.60. The van der Waals surface area contributed by atoms with E-state index in [1.54, 1.807) is 0 Å². The summed E-state index contributed by atoms with van der Waals surface area (Å²) in [7, 11) is -6.65. The average molecular weight is 362 g/mol. The normalized spacial score (nSPS) is 12.9. The molecule has 0 aliphatic carbocycles. The Morgan fingerprint density at radius 1 is 1.19 bits per heavy atom. The van der Waals surface area contributed by atoms with Crippen LogP contribution in [0.4, 0.5) is 8.78 Å². The summed E-state index contributed by atoms with van der Waals surface area (Å²) >= 11 is 5.50. The van der Waals surface area contributed by atoms with Crippen LogP contribution >= 0.6 is 11.6 Å². The van der Waals surface area contributed by atoms with Crippen molar-refractivity contribution in [2.45, 2.75) is 10.8 Å². The molecule has 0 aliphatic heterocycles. The van der Waals surface area contributed by atoms with Gasteiger partial charge < -0.3 is 0 Å². The van der Waals surface area contributed by atoms with Gasteiger partial charge in [0.2, 0.25) is 10.0 Å². The van der Waals surface area contributed by atoms with E-state index < -0.39 is 42.1 Å². The van der Waals surface area contributed by atoms with E-state index >= 15 is 0 Å². The number of sulfonamides is 1. The highest BCUT2D eigenvalue weighted by Gasteiger charge is 2.27. The number of halogens is 3. The molecule has 0 atom stereocenters. The molecular weight excluding hydrogens is 348 g/mol. The van der Waals surface area contributed by atoms with Crippen LogP contribution in [0.5, 0.6) is 0 Å². The van der Waals surface area contributed by atoms with Gasteiger partial charge in [0.15, 0.2) is 11.6 Å². The molecule has 0 fully saturated rings. The van der Waals surface area contributed by atoms with Crippen molar-refractivity contribution in [2.24, 2.45) is 0 Å². The first-order valence-corrected chi connectivity index (χ1v) is 9.70. The molecule has 10 heteroatoms. The van der Waals surface area contributed by atoms with Crippen LogP contribution in [0.1, 0.15) is 5.56 Å². The van der Waals surface area contributed by atoms with Gasteiger partial charge in [-0.1, -0.05) is 0 Å². The number of rotatable bonds is 6. The summed E-state index contributed by atoms with van der Waals surface area (Å²) in [6.45, 7) is -0.368. The Morgan fingerprint density at radius 2 is 1.76 bits per heavy atom. The Hall–Kier alpha value is -0.770. The first-order chi connectivity index (χ1) is 9.49. The van der Waals surface area contributed by atoms with E-state index in [-0.39, 0.29) is 18.0 Å². The van der Waals surface area contributed by atoms with Crippen LogP contribution < -0.4 is 0 Å². The molecule has 0 radical (unpaired) electrons. The number of hydrogen-bond acceptors (Lipinski definition) is 4. The Labute approximate surface area is 127 Å². The van der Waals surface area contributed by atoms with E-state index in [4.69, 9.17) is 11.6 Å². The second kappa shape index (κ2) is 6.55. The summed E-state index contributed by atoms with van der Waals surface area (Å²) < 4.78 is 74.2. The number of nitrogens with zero attached hydrogens (tertiary/aromatic N) is 1. The molecule has 0 N–H and O–H groups in total. The Kier molecular flexibility index (Phi) is 5.70. The molecule has 0 spiro atoms. The first-order valence-electron chi connectivity index (χ1n) is 5.67. The zero-order valence-corrected chi connectivity index (χ0v) is 13.7. The fourth-order valence-electron chi connectivity index (χ4n) is 1.46. The summed E-state index contributed by atoms with van der Waals surface area (Å²) in [5, 5.41) is 0. The van der Waals surface area contributed by atoms with Gasteiger partial charge in [0, 0.05) is 25.7 Å². The topological polar surface area (TPSA) is 71.5 Å². The predicted octanol–water partition coefficient (Wildman–Crippen LogP) is 1.37. The Balaban J connectivity index is 3.21. The predicted molar refractivity (Wildman–Crippen MR) is 75.4 cm³/mol.